The number of rotatable bonds is 2. The highest BCUT2D eigenvalue weighted by atomic mass is 35.5. The van der Waals surface area contributed by atoms with Crippen LogP contribution in [0.4, 0.5) is 30.2 Å². The molecule has 0 heterocycles. The van der Waals surface area contributed by atoms with Gasteiger partial charge in [0.1, 0.15) is 0 Å². The van der Waals surface area contributed by atoms with E-state index in [1.165, 1.54) is 12.1 Å². The average molecular weight is 301 g/mol. The first kappa shape index (κ1) is 14.5. The van der Waals surface area contributed by atoms with E-state index in [1.807, 2.05) is 6.92 Å². The summed E-state index contributed by atoms with van der Waals surface area (Å²) in [5.74, 6) is 0. The highest BCUT2D eigenvalue weighted by molar-refractivity contribution is 6.33. The molecular weight excluding hydrogens is 289 g/mol. The number of hydrogen-bond donors (Lipinski definition) is 2. The molecule has 0 saturated heterocycles. The van der Waals surface area contributed by atoms with Crippen LogP contribution < -0.4 is 11.1 Å². The molecule has 2 rings (SSSR count). The molecule has 0 aliphatic carbocycles. The van der Waals surface area contributed by atoms with Gasteiger partial charge >= 0.3 is 6.18 Å². The molecule has 0 spiro atoms. The Morgan fingerprint density at radius 1 is 1.10 bits per heavy atom. The number of benzene rings is 2. The first-order valence-electron chi connectivity index (χ1n) is 5.77. The van der Waals surface area contributed by atoms with Gasteiger partial charge in [0, 0.05) is 11.4 Å². The van der Waals surface area contributed by atoms with Crippen molar-refractivity contribution in [3.63, 3.8) is 0 Å². The number of alkyl halides is 3. The van der Waals surface area contributed by atoms with Crippen molar-refractivity contribution in [3.8, 4) is 0 Å². The van der Waals surface area contributed by atoms with Gasteiger partial charge in [0.05, 0.1) is 16.3 Å². The minimum Gasteiger partial charge on any atom is -0.398 e. The first-order valence-corrected chi connectivity index (χ1v) is 6.15. The van der Waals surface area contributed by atoms with Crippen LogP contribution in [0, 0.1) is 6.92 Å². The maximum atomic E-state index is 12.5. The van der Waals surface area contributed by atoms with Gasteiger partial charge in [0.25, 0.3) is 0 Å². The van der Waals surface area contributed by atoms with Crippen molar-refractivity contribution in [2.75, 3.05) is 11.1 Å². The summed E-state index contributed by atoms with van der Waals surface area (Å²) in [7, 11) is 0. The molecule has 0 saturated carbocycles. The maximum Gasteiger partial charge on any atom is 0.416 e. The number of hydrogen-bond acceptors (Lipinski definition) is 2. The Hall–Kier alpha value is -1.88. The Morgan fingerprint density at radius 3 is 2.25 bits per heavy atom. The zero-order valence-electron chi connectivity index (χ0n) is 10.6. The Bertz CT molecular complexity index is 622. The fraction of sp³-hybridized carbons (Fsp3) is 0.143. The van der Waals surface area contributed by atoms with Gasteiger partial charge in [0.15, 0.2) is 0 Å². The minimum atomic E-state index is -4.33. The molecule has 0 atom stereocenters. The number of nitrogens with two attached hydrogens (primary N) is 1. The third-order valence-corrected chi connectivity index (χ3v) is 3.16. The summed E-state index contributed by atoms with van der Waals surface area (Å²) in [6, 6.07) is 8.13. The van der Waals surface area contributed by atoms with Crippen molar-refractivity contribution >= 4 is 28.7 Å². The van der Waals surface area contributed by atoms with Crippen LogP contribution in [0.5, 0.6) is 0 Å². The smallest absolute Gasteiger partial charge is 0.398 e. The van der Waals surface area contributed by atoms with E-state index in [4.69, 9.17) is 17.3 Å². The Balaban J connectivity index is 2.25. The second-order valence-corrected chi connectivity index (χ2v) is 4.80. The predicted molar refractivity (Wildman–Crippen MR) is 75.3 cm³/mol. The summed E-state index contributed by atoms with van der Waals surface area (Å²) in [4.78, 5) is 0. The number of nitrogen functional groups attached to an aromatic ring is 1. The molecule has 2 nitrogen and oxygen atoms in total. The van der Waals surface area contributed by atoms with Crippen molar-refractivity contribution in [3.05, 3.63) is 52.5 Å². The zero-order valence-corrected chi connectivity index (χ0v) is 11.3. The summed E-state index contributed by atoms with van der Waals surface area (Å²) in [6.45, 7) is 1.83. The maximum absolute atomic E-state index is 12.5. The topological polar surface area (TPSA) is 38.0 Å². The van der Waals surface area contributed by atoms with Crippen molar-refractivity contribution in [2.45, 2.75) is 13.1 Å². The summed E-state index contributed by atoms with van der Waals surface area (Å²) in [5.41, 5.74) is 7.54. The second kappa shape index (κ2) is 5.25. The van der Waals surface area contributed by atoms with Gasteiger partial charge in [-0.1, -0.05) is 11.6 Å². The van der Waals surface area contributed by atoms with Crippen molar-refractivity contribution in [1.29, 1.82) is 0 Å². The molecule has 0 unspecified atom stereocenters. The lowest BCUT2D eigenvalue weighted by molar-refractivity contribution is -0.137. The molecule has 0 radical (unpaired) electrons. The summed E-state index contributed by atoms with van der Waals surface area (Å²) in [5, 5.41) is 3.41. The van der Waals surface area contributed by atoms with Crippen LogP contribution >= 0.6 is 11.6 Å². The van der Waals surface area contributed by atoms with Crippen molar-refractivity contribution in [2.24, 2.45) is 0 Å². The van der Waals surface area contributed by atoms with Gasteiger partial charge in [-0.15, -0.1) is 0 Å². The van der Waals surface area contributed by atoms with E-state index in [9.17, 15) is 13.2 Å². The predicted octanol–water partition coefficient (Wildman–Crippen LogP) is 4.99. The largest absolute Gasteiger partial charge is 0.416 e. The van der Waals surface area contributed by atoms with E-state index < -0.39 is 11.7 Å². The third-order valence-electron chi connectivity index (χ3n) is 2.83. The lowest BCUT2D eigenvalue weighted by Gasteiger charge is -2.12. The second-order valence-electron chi connectivity index (χ2n) is 4.39. The summed E-state index contributed by atoms with van der Waals surface area (Å²) >= 11 is 5.92. The van der Waals surface area contributed by atoms with Crippen LogP contribution in [0.1, 0.15) is 11.1 Å². The van der Waals surface area contributed by atoms with E-state index >= 15 is 0 Å². The van der Waals surface area contributed by atoms with Gasteiger partial charge in [-0.05, 0) is 48.9 Å². The van der Waals surface area contributed by atoms with E-state index in [-0.39, 0.29) is 0 Å². The molecule has 0 aromatic heterocycles. The van der Waals surface area contributed by atoms with Gasteiger partial charge in [-0.25, -0.2) is 0 Å². The Labute approximate surface area is 119 Å². The summed E-state index contributed by atoms with van der Waals surface area (Å²) < 4.78 is 37.4. The van der Waals surface area contributed by atoms with E-state index in [1.54, 1.807) is 12.1 Å². The van der Waals surface area contributed by atoms with Crippen LogP contribution in [0.2, 0.25) is 5.02 Å². The van der Waals surface area contributed by atoms with E-state index in [0.29, 0.717) is 22.1 Å². The zero-order chi connectivity index (χ0) is 14.9. The molecule has 2 aromatic rings. The SMILES string of the molecule is Cc1cc(N)c(Cl)cc1Nc1ccc(C(F)(F)F)cc1. The molecule has 6 heteroatoms. The van der Waals surface area contributed by atoms with Crippen LogP contribution in [0.15, 0.2) is 36.4 Å². The molecule has 106 valence electrons. The van der Waals surface area contributed by atoms with E-state index in [0.717, 1.165) is 17.7 Å². The molecule has 0 bridgehead atoms. The molecule has 0 aliphatic rings. The van der Waals surface area contributed by atoms with Crippen molar-refractivity contribution in [1.82, 2.24) is 0 Å². The van der Waals surface area contributed by atoms with Crippen LogP contribution in [-0.4, -0.2) is 0 Å². The number of halogens is 4. The standard InChI is InChI=1S/C14H12ClF3N2/c1-8-6-12(19)11(15)7-13(8)20-10-4-2-9(3-5-10)14(16,17)18/h2-7,20H,19H2,1H3. The highest BCUT2D eigenvalue weighted by Crippen LogP contribution is 2.32. The third kappa shape index (κ3) is 3.17. The normalized spacial score (nSPS) is 11.4. The highest BCUT2D eigenvalue weighted by Gasteiger charge is 2.29. The monoisotopic (exact) mass is 300 g/mol. The Kier molecular flexibility index (Phi) is 3.81. The first-order chi connectivity index (χ1) is 9.27. The lowest BCUT2D eigenvalue weighted by Crippen LogP contribution is -2.04. The Morgan fingerprint density at radius 2 is 1.70 bits per heavy atom. The van der Waals surface area contributed by atoms with Gasteiger partial charge in [-0.2, -0.15) is 13.2 Å². The van der Waals surface area contributed by atoms with Gasteiger partial charge in [-0.3, -0.25) is 0 Å². The molecule has 0 fully saturated rings. The number of nitrogens with one attached hydrogen (secondary N) is 1. The molecule has 0 amide bonds. The van der Waals surface area contributed by atoms with Crippen LogP contribution in [-0.2, 0) is 6.18 Å². The molecule has 0 aliphatic heterocycles. The lowest BCUT2D eigenvalue weighted by atomic mass is 10.1. The van der Waals surface area contributed by atoms with Crippen LogP contribution in [0.3, 0.4) is 0 Å². The van der Waals surface area contributed by atoms with E-state index in [2.05, 4.69) is 5.32 Å². The van der Waals surface area contributed by atoms with Gasteiger partial charge in [0.2, 0.25) is 0 Å². The molecule has 2 aromatic carbocycles. The summed E-state index contributed by atoms with van der Waals surface area (Å²) in [6.07, 6.45) is -4.33. The van der Waals surface area contributed by atoms with Gasteiger partial charge < -0.3 is 11.1 Å². The number of anilines is 3. The fourth-order valence-corrected chi connectivity index (χ4v) is 1.90. The molecule has 20 heavy (non-hydrogen) atoms. The molecular formula is C14H12ClF3N2. The minimum absolute atomic E-state index is 0.394. The average Bonchev–Trinajstić information content (AvgIpc) is 2.35. The quantitative estimate of drug-likeness (QED) is 0.767. The molecule has 3 N–H and O–H groups in total. The fourth-order valence-electron chi connectivity index (χ4n) is 1.74. The number of aryl methyl sites for hydroxylation is 1. The van der Waals surface area contributed by atoms with Crippen molar-refractivity contribution < 1.29 is 13.2 Å². The van der Waals surface area contributed by atoms with Crippen LogP contribution in [0.25, 0.3) is 0 Å².